The number of fused-ring (bicyclic) bond motifs is 3. The van der Waals surface area contributed by atoms with Gasteiger partial charge in [0.15, 0.2) is 5.82 Å². The fourth-order valence-electron chi connectivity index (χ4n) is 4.07. The number of hydrogen-bond acceptors (Lipinski definition) is 4. The molecule has 1 aromatic carbocycles. The lowest BCUT2D eigenvalue weighted by Crippen LogP contribution is -2.34. The number of pyridine rings is 1. The van der Waals surface area contributed by atoms with E-state index in [1.54, 1.807) is 17.2 Å². The normalized spacial score (nSPS) is 14.0. The molecule has 3 heterocycles. The van der Waals surface area contributed by atoms with Gasteiger partial charge in [-0.25, -0.2) is 14.4 Å². The van der Waals surface area contributed by atoms with Crippen molar-refractivity contribution in [3.05, 3.63) is 71.2 Å². The predicted molar refractivity (Wildman–Crippen MR) is 132 cm³/mol. The minimum absolute atomic E-state index is 0. The van der Waals surface area contributed by atoms with Gasteiger partial charge in [-0.2, -0.15) is 0 Å². The molecule has 0 saturated heterocycles. The molecular weight excluding hydrogens is 417 g/mol. The number of benzene rings is 1. The average Bonchev–Trinajstić information content (AvgIpc) is 3.27. The quantitative estimate of drug-likeness (QED) is 0.496. The van der Waals surface area contributed by atoms with Crippen molar-refractivity contribution in [1.29, 1.82) is 0 Å². The molecule has 0 spiro atoms. The number of anilines is 1. The molecular formula is C26H36FN5O. The summed E-state index contributed by atoms with van der Waals surface area (Å²) in [6.07, 6.45) is 3.88. The molecule has 6 nitrogen and oxygen atoms in total. The molecule has 0 aliphatic carbocycles. The van der Waals surface area contributed by atoms with Gasteiger partial charge in [0.1, 0.15) is 11.6 Å². The summed E-state index contributed by atoms with van der Waals surface area (Å²) in [6.45, 7) is 13.0. The Balaban J connectivity index is 0.00000133. The average molecular weight is 454 g/mol. The molecule has 4 rings (SSSR count). The number of aryl methyl sites for hydroxylation is 1. The van der Waals surface area contributed by atoms with Gasteiger partial charge < -0.3 is 10.2 Å². The zero-order chi connectivity index (χ0) is 24.1. The molecule has 178 valence electrons. The minimum atomic E-state index is -0.285. The third-order valence-electron chi connectivity index (χ3n) is 5.80. The fourth-order valence-corrected chi connectivity index (χ4v) is 4.07. The van der Waals surface area contributed by atoms with Crippen LogP contribution >= 0.6 is 0 Å². The molecule has 0 saturated carbocycles. The molecule has 0 unspecified atom stereocenters. The Bertz CT molecular complexity index is 1110. The van der Waals surface area contributed by atoms with Crippen LogP contribution in [0, 0.1) is 12.7 Å². The minimum Gasteiger partial charge on any atom is -0.373 e. The Hall–Kier alpha value is -3.22. The Morgan fingerprint density at radius 2 is 2.03 bits per heavy atom. The first-order valence-electron chi connectivity index (χ1n) is 11.7. The van der Waals surface area contributed by atoms with Crippen LogP contribution in [0.25, 0.3) is 5.82 Å². The largest absolute Gasteiger partial charge is 0.373 e. The Kier molecular flexibility index (Phi) is 7.84. The van der Waals surface area contributed by atoms with Crippen LogP contribution in [0.2, 0.25) is 0 Å². The first-order valence-corrected chi connectivity index (χ1v) is 11.7. The SMILES string of the molecule is CC.CCN(Cc1cc(F)ccc1C)C(=O)C[C@H]1Nc2cccnc2-n2c1cnc2C(C)C.[HH]. The van der Waals surface area contributed by atoms with Gasteiger partial charge in [-0.1, -0.05) is 33.8 Å². The van der Waals surface area contributed by atoms with E-state index in [1.165, 1.54) is 12.1 Å². The van der Waals surface area contributed by atoms with Crippen molar-refractivity contribution < 1.29 is 10.6 Å². The number of hydrogen-bond donors (Lipinski definition) is 1. The summed E-state index contributed by atoms with van der Waals surface area (Å²) in [6, 6.07) is 8.35. The highest BCUT2D eigenvalue weighted by molar-refractivity contribution is 5.78. The molecule has 0 bridgehead atoms. The van der Waals surface area contributed by atoms with E-state index in [4.69, 9.17) is 0 Å². The summed E-state index contributed by atoms with van der Waals surface area (Å²) >= 11 is 0. The first-order chi connectivity index (χ1) is 15.9. The molecule has 0 fully saturated rings. The van der Waals surface area contributed by atoms with E-state index in [0.717, 1.165) is 34.2 Å². The van der Waals surface area contributed by atoms with Crippen molar-refractivity contribution in [2.75, 3.05) is 11.9 Å². The van der Waals surface area contributed by atoms with Crippen molar-refractivity contribution >= 4 is 11.6 Å². The number of nitrogens with one attached hydrogen (secondary N) is 1. The number of aromatic nitrogens is 3. The van der Waals surface area contributed by atoms with Gasteiger partial charge >= 0.3 is 0 Å². The van der Waals surface area contributed by atoms with Crippen LogP contribution in [-0.2, 0) is 11.3 Å². The van der Waals surface area contributed by atoms with Gasteiger partial charge in [0, 0.05) is 26.6 Å². The van der Waals surface area contributed by atoms with E-state index < -0.39 is 0 Å². The monoisotopic (exact) mass is 453 g/mol. The molecule has 1 aliphatic heterocycles. The second kappa shape index (κ2) is 10.6. The zero-order valence-corrected chi connectivity index (χ0v) is 20.4. The molecule has 1 amide bonds. The van der Waals surface area contributed by atoms with E-state index in [2.05, 4.69) is 33.7 Å². The number of rotatable bonds is 6. The van der Waals surface area contributed by atoms with Crippen LogP contribution in [0.1, 0.15) is 77.1 Å². The highest BCUT2D eigenvalue weighted by atomic mass is 19.1. The summed E-state index contributed by atoms with van der Waals surface area (Å²) in [7, 11) is 0. The summed E-state index contributed by atoms with van der Waals surface area (Å²) < 4.78 is 15.8. The lowest BCUT2D eigenvalue weighted by Gasteiger charge is -2.30. The second-order valence-corrected chi connectivity index (χ2v) is 8.29. The van der Waals surface area contributed by atoms with Gasteiger partial charge in [-0.05, 0) is 49.2 Å². The Labute approximate surface area is 197 Å². The van der Waals surface area contributed by atoms with Crippen LogP contribution in [0.3, 0.4) is 0 Å². The number of nitrogens with zero attached hydrogens (tertiary/aromatic N) is 4. The topological polar surface area (TPSA) is 63.1 Å². The molecule has 1 atom stereocenters. The van der Waals surface area contributed by atoms with Crippen molar-refractivity contribution in [2.24, 2.45) is 0 Å². The van der Waals surface area contributed by atoms with Gasteiger partial charge in [0.2, 0.25) is 5.91 Å². The Morgan fingerprint density at radius 1 is 1.27 bits per heavy atom. The van der Waals surface area contributed by atoms with Crippen LogP contribution in [0.15, 0.2) is 42.7 Å². The molecule has 33 heavy (non-hydrogen) atoms. The molecule has 0 radical (unpaired) electrons. The van der Waals surface area contributed by atoms with E-state index in [0.29, 0.717) is 13.1 Å². The molecule has 1 aliphatic rings. The van der Waals surface area contributed by atoms with Crippen molar-refractivity contribution in [1.82, 2.24) is 19.4 Å². The van der Waals surface area contributed by atoms with Crippen LogP contribution in [-0.4, -0.2) is 31.9 Å². The van der Waals surface area contributed by atoms with Gasteiger partial charge in [0.05, 0.1) is 30.0 Å². The lowest BCUT2D eigenvalue weighted by atomic mass is 10.0. The maximum Gasteiger partial charge on any atom is 0.225 e. The summed E-state index contributed by atoms with van der Waals surface area (Å²) in [5, 5.41) is 3.47. The lowest BCUT2D eigenvalue weighted by molar-refractivity contribution is -0.131. The van der Waals surface area contributed by atoms with Gasteiger partial charge in [0.25, 0.3) is 0 Å². The number of halogens is 1. The maximum absolute atomic E-state index is 13.7. The van der Waals surface area contributed by atoms with Crippen molar-refractivity contribution in [3.63, 3.8) is 0 Å². The zero-order valence-electron chi connectivity index (χ0n) is 20.4. The number of imidazole rings is 1. The number of carbonyl (C=O) groups excluding carboxylic acids is 1. The first kappa shape index (κ1) is 24.4. The number of carbonyl (C=O) groups is 1. The van der Waals surface area contributed by atoms with E-state index >= 15 is 0 Å². The van der Waals surface area contributed by atoms with Gasteiger partial charge in [-0.3, -0.25) is 9.36 Å². The molecule has 3 aromatic rings. The van der Waals surface area contributed by atoms with Crippen molar-refractivity contribution in [2.45, 2.75) is 66.5 Å². The molecule has 2 aromatic heterocycles. The maximum atomic E-state index is 13.7. The third kappa shape index (κ3) is 5.07. The number of amides is 1. The second-order valence-electron chi connectivity index (χ2n) is 8.29. The van der Waals surface area contributed by atoms with Gasteiger partial charge in [-0.15, -0.1) is 0 Å². The predicted octanol–water partition coefficient (Wildman–Crippen LogP) is 6.02. The summed E-state index contributed by atoms with van der Waals surface area (Å²) in [5.41, 5.74) is 3.62. The third-order valence-corrected chi connectivity index (χ3v) is 5.80. The smallest absolute Gasteiger partial charge is 0.225 e. The highest BCUT2D eigenvalue weighted by Gasteiger charge is 2.31. The van der Waals surface area contributed by atoms with E-state index in [-0.39, 0.29) is 31.5 Å². The van der Waals surface area contributed by atoms with E-state index in [9.17, 15) is 9.18 Å². The molecule has 1 N–H and O–H groups in total. The van der Waals surface area contributed by atoms with Crippen LogP contribution in [0.4, 0.5) is 10.1 Å². The summed E-state index contributed by atoms with van der Waals surface area (Å²) in [4.78, 5) is 24.2. The van der Waals surface area contributed by atoms with E-state index in [1.807, 2.05) is 46.0 Å². The van der Waals surface area contributed by atoms with Crippen molar-refractivity contribution in [3.8, 4) is 5.82 Å². The molecule has 7 heteroatoms. The standard InChI is InChI=1S/C24H28FN5O.C2H6.H2/c1-5-29(14-17-11-18(25)9-8-16(17)4)22(31)12-20-21-13-27-23(15(2)3)30(21)24-19(28-20)7-6-10-26-24;1-2;/h6-11,13,15,20,28H,5,12,14H2,1-4H3;1-2H3;1H/t20-;;/m1../s1. The highest BCUT2D eigenvalue weighted by Crippen LogP contribution is 2.36. The van der Waals surface area contributed by atoms with Crippen LogP contribution in [0.5, 0.6) is 0 Å². The fraction of sp³-hybridized carbons (Fsp3) is 0.423. The summed E-state index contributed by atoms with van der Waals surface area (Å²) in [5.74, 6) is 1.69. The van der Waals surface area contributed by atoms with Crippen LogP contribution < -0.4 is 5.32 Å². The Morgan fingerprint density at radius 3 is 2.73 bits per heavy atom.